The molecule has 0 radical (unpaired) electrons. The molecule has 3 rings (SSSR count). The third-order valence-electron chi connectivity index (χ3n) is 3.78. The number of hydrogen-bond donors (Lipinski definition) is 2. The van der Waals surface area contributed by atoms with Crippen LogP contribution in [-0.4, -0.2) is 45.3 Å². The molecule has 2 heterocycles. The lowest BCUT2D eigenvalue weighted by atomic mass is 9.87. The second-order valence-electron chi connectivity index (χ2n) is 4.92. The van der Waals surface area contributed by atoms with Gasteiger partial charge in [-0.2, -0.15) is 0 Å². The van der Waals surface area contributed by atoms with E-state index in [9.17, 15) is 9.59 Å². The Bertz CT molecular complexity index is 457. The lowest BCUT2D eigenvalue weighted by molar-refractivity contribution is -0.127. The zero-order valence-corrected chi connectivity index (χ0v) is 10.1. The third kappa shape index (κ3) is 1.87. The van der Waals surface area contributed by atoms with Crippen molar-refractivity contribution in [3.05, 3.63) is 18.2 Å². The molecule has 2 aliphatic rings. The fourth-order valence-electron chi connectivity index (χ4n) is 2.93. The summed E-state index contributed by atoms with van der Waals surface area (Å²) in [5.74, 6) is -0.190. The van der Waals surface area contributed by atoms with Gasteiger partial charge in [-0.15, -0.1) is 0 Å². The van der Waals surface area contributed by atoms with E-state index < -0.39 is 0 Å². The molecule has 0 aromatic carbocycles. The van der Waals surface area contributed by atoms with Gasteiger partial charge in [-0.25, -0.2) is 4.98 Å². The van der Waals surface area contributed by atoms with Crippen LogP contribution in [0.3, 0.4) is 0 Å². The molecular formula is C12H16N4O2. The molecule has 1 aliphatic carbocycles. The number of nitrogens with one attached hydrogen (secondary N) is 2. The molecule has 1 saturated carbocycles. The van der Waals surface area contributed by atoms with E-state index in [0.29, 0.717) is 5.69 Å². The molecule has 2 N–H and O–H groups in total. The molecule has 2 atom stereocenters. The Hall–Kier alpha value is -1.85. The van der Waals surface area contributed by atoms with Gasteiger partial charge in [-0.05, 0) is 12.8 Å². The third-order valence-corrected chi connectivity index (χ3v) is 3.78. The van der Waals surface area contributed by atoms with Crippen LogP contribution < -0.4 is 5.32 Å². The van der Waals surface area contributed by atoms with Crippen molar-refractivity contribution in [2.75, 3.05) is 6.54 Å². The smallest absolute Gasteiger partial charge is 0.272 e. The monoisotopic (exact) mass is 248 g/mol. The van der Waals surface area contributed by atoms with Crippen molar-refractivity contribution in [3.63, 3.8) is 0 Å². The maximum absolute atomic E-state index is 12.3. The Morgan fingerprint density at radius 3 is 3.00 bits per heavy atom. The average Bonchev–Trinajstić information content (AvgIpc) is 2.90. The van der Waals surface area contributed by atoms with Gasteiger partial charge in [-0.1, -0.05) is 12.8 Å². The molecule has 6 heteroatoms. The summed E-state index contributed by atoms with van der Waals surface area (Å²) in [6.07, 6.45) is 7.15. The topological polar surface area (TPSA) is 78.1 Å². The predicted molar refractivity (Wildman–Crippen MR) is 63.8 cm³/mol. The van der Waals surface area contributed by atoms with E-state index in [2.05, 4.69) is 15.3 Å². The van der Waals surface area contributed by atoms with Crippen LogP contribution in [0, 0.1) is 0 Å². The van der Waals surface area contributed by atoms with Crippen molar-refractivity contribution < 1.29 is 9.59 Å². The first-order chi connectivity index (χ1) is 8.75. The van der Waals surface area contributed by atoms with Crippen LogP contribution in [0.4, 0.5) is 0 Å². The fraction of sp³-hybridized carbons (Fsp3) is 0.583. The normalized spacial score (nSPS) is 27.6. The fourth-order valence-corrected chi connectivity index (χ4v) is 2.93. The highest BCUT2D eigenvalue weighted by molar-refractivity contribution is 5.95. The molecule has 0 spiro atoms. The predicted octanol–water partition coefficient (Wildman–Crippen LogP) is 0.293. The number of hydrogen-bond acceptors (Lipinski definition) is 3. The van der Waals surface area contributed by atoms with Crippen LogP contribution in [0.1, 0.15) is 36.2 Å². The number of amides is 2. The van der Waals surface area contributed by atoms with Crippen LogP contribution in [0.5, 0.6) is 0 Å². The van der Waals surface area contributed by atoms with Gasteiger partial charge in [0.2, 0.25) is 5.91 Å². The quantitative estimate of drug-likeness (QED) is 0.750. The minimum atomic E-state index is -0.126. The van der Waals surface area contributed by atoms with Gasteiger partial charge in [-0.3, -0.25) is 9.59 Å². The minimum Gasteiger partial charge on any atom is -0.350 e. The molecule has 1 aliphatic heterocycles. The molecule has 18 heavy (non-hydrogen) atoms. The van der Waals surface area contributed by atoms with Crippen molar-refractivity contribution in [3.8, 4) is 0 Å². The molecule has 6 nitrogen and oxygen atoms in total. The number of piperazine rings is 1. The number of aromatic nitrogens is 2. The first kappa shape index (κ1) is 11.3. The molecule has 0 bridgehead atoms. The van der Waals surface area contributed by atoms with Gasteiger partial charge in [0.15, 0.2) is 0 Å². The van der Waals surface area contributed by atoms with Crippen LogP contribution in [0.25, 0.3) is 0 Å². The Balaban J connectivity index is 1.84. The molecular weight excluding hydrogens is 232 g/mol. The molecule has 1 aromatic rings. The summed E-state index contributed by atoms with van der Waals surface area (Å²) in [4.78, 5) is 32.4. The zero-order valence-electron chi connectivity index (χ0n) is 10.1. The summed E-state index contributed by atoms with van der Waals surface area (Å²) < 4.78 is 0. The van der Waals surface area contributed by atoms with Gasteiger partial charge in [0.25, 0.3) is 5.91 Å². The van der Waals surface area contributed by atoms with Gasteiger partial charge < -0.3 is 15.2 Å². The first-order valence-electron chi connectivity index (χ1n) is 6.34. The number of H-pyrrole nitrogens is 1. The lowest BCUT2D eigenvalue weighted by Crippen LogP contribution is -2.62. The molecule has 1 saturated heterocycles. The highest BCUT2D eigenvalue weighted by Gasteiger charge is 2.39. The van der Waals surface area contributed by atoms with E-state index in [0.717, 1.165) is 25.7 Å². The summed E-state index contributed by atoms with van der Waals surface area (Å²) in [5.41, 5.74) is 0.453. The SMILES string of the molecule is O=C1CN(C(=O)c2cnc[nH]2)C2CCCCC2N1. The Morgan fingerprint density at radius 2 is 2.22 bits per heavy atom. The Kier molecular flexibility index (Phi) is 2.77. The summed E-state index contributed by atoms with van der Waals surface area (Å²) in [5, 5.41) is 2.99. The van der Waals surface area contributed by atoms with E-state index in [1.165, 1.54) is 12.5 Å². The largest absolute Gasteiger partial charge is 0.350 e. The summed E-state index contributed by atoms with van der Waals surface area (Å²) >= 11 is 0. The average molecular weight is 248 g/mol. The van der Waals surface area contributed by atoms with E-state index in [1.807, 2.05) is 0 Å². The van der Waals surface area contributed by atoms with E-state index in [4.69, 9.17) is 0 Å². The van der Waals surface area contributed by atoms with Crippen molar-refractivity contribution >= 4 is 11.8 Å². The van der Waals surface area contributed by atoms with Crippen molar-refractivity contribution in [1.82, 2.24) is 20.2 Å². The molecule has 2 fully saturated rings. The minimum absolute atomic E-state index is 0.0639. The van der Waals surface area contributed by atoms with Crippen LogP contribution in [-0.2, 0) is 4.79 Å². The number of carbonyl (C=O) groups excluding carboxylic acids is 2. The number of rotatable bonds is 1. The van der Waals surface area contributed by atoms with E-state index in [1.54, 1.807) is 4.90 Å². The number of imidazole rings is 1. The summed E-state index contributed by atoms with van der Waals surface area (Å²) in [6, 6.07) is 0.249. The van der Waals surface area contributed by atoms with Crippen molar-refractivity contribution in [2.45, 2.75) is 37.8 Å². The lowest BCUT2D eigenvalue weighted by Gasteiger charge is -2.43. The van der Waals surface area contributed by atoms with E-state index >= 15 is 0 Å². The highest BCUT2D eigenvalue weighted by atomic mass is 16.2. The molecule has 1 aromatic heterocycles. The van der Waals surface area contributed by atoms with Crippen LogP contribution in [0.15, 0.2) is 12.5 Å². The zero-order chi connectivity index (χ0) is 12.5. The Labute approximate surface area is 105 Å². The Morgan fingerprint density at radius 1 is 1.39 bits per heavy atom. The summed E-state index contributed by atoms with van der Waals surface area (Å²) in [6.45, 7) is 0.152. The number of fused-ring (bicyclic) bond motifs is 1. The molecule has 2 amide bonds. The molecule has 2 unspecified atom stereocenters. The summed E-state index contributed by atoms with van der Waals surface area (Å²) in [7, 11) is 0. The first-order valence-corrected chi connectivity index (χ1v) is 6.34. The van der Waals surface area contributed by atoms with Gasteiger partial charge in [0.1, 0.15) is 12.2 Å². The number of nitrogens with zero attached hydrogens (tertiary/aromatic N) is 2. The van der Waals surface area contributed by atoms with Crippen LogP contribution in [0.2, 0.25) is 0 Å². The second-order valence-corrected chi connectivity index (χ2v) is 4.92. The van der Waals surface area contributed by atoms with Crippen molar-refractivity contribution in [1.29, 1.82) is 0 Å². The van der Waals surface area contributed by atoms with Gasteiger partial charge >= 0.3 is 0 Å². The number of carbonyl (C=O) groups is 2. The standard InChI is InChI=1S/C12H16N4O2/c17-11-6-16(12(18)9-5-13-7-14-9)10-4-2-1-3-8(10)15-11/h5,7-8,10H,1-4,6H2,(H,13,14)(H,15,17). The maximum Gasteiger partial charge on any atom is 0.272 e. The van der Waals surface area contributed by atoms with Crippen molar-refractivity contribution in [2.24, 2.45) is 0 Å². The number of aromatic amines is 1. The van der Waals surface area contributed by atoms with Gasteiger partial charge in [0, 0.05) is 6.04 Å². The van der Waals surface area contributed by atoms with Crippen LogP contribution >= 0.6 is 0 Å². The van der Waals surface area contributed by atoms with Gasteiger partial charge in [0.05, 0.1) is 18.6 Å². The highest BCUT2D eigenvalue weighted by Crippen LogP contribution is 2.26. The molecule has 96 valence electrons. The van der Waals surface area contributed by atoms with E-state index in [-0.39, 0.29) is 30.4 Å². The second kappa shape index (κ2) is 4.44. The maximum atomic E-state index is 12.3.